The second-order valence-electron chi connectivity index (χ2n) is 10.1. The number of methoxy groups -OCH3 is 1. The van der Waals surface area contributed by atoms with Gasteiger partial charge in [-0.3, -0.25) is 4.98 Å². The van der Waals surface area contributed by atoms with E-state index in [4.69, 9.17) is 14.8 Å². The minimum absolute atomic E-state index is 0.803. The van der Waals surface area contributed by atoms with Crippen molar-refractivity contribution >= 4 is 27.5 Å². The predicted octanol–water partition coefficient (Wildman–Crippen LogP) is 6.25. The van der Waals surface area contributed by atoms with Crippen molar-refractivity contribution in [1.82, 2.24) is 19.7 Å². The maximum absolute atomic E-state index is 5.57. The average molecular weight is 494 g/mol. The highest BCUT2D eigenvalue weighted by Crippen LogP contribution is 2.36. The van der Waals surface area contributed by atoms with Crippen LogP contribution in [0.25, 0.3) is 38.8 Å². The zero-order valence-corrected chi connectivity index (χ0v) is 22.6. The molecule has 0 N–H and O–H groups in total. The fourth-order valence-corrected chi connectivity index (χ4v) is 4.79. The zero-order chi connectivity index (χ0) is 26.1. The minimum Gasteiger partial charge on any atom is -0.497 e. The third-order valence-corrected chi connectivity index (χ3v) is 7.11. The van der Waals surface area contributed by atoms with Gasteiger partial charge in [0.15, 0.2) is 0 Å². The second kappa shape index (κ2) is 10.2. The average Bonchev–Trinajstić information content (AvgIpc) is 3.30. The van der Waals surface area contributed by atoms with Gasteiger partial charge in [0.1, 0.15) is 11.4 Å². The first-order valence-corrected chi connectivity index (χ1v) is 12.7. The number of fused-ring (bicyclic) bond motifs is 3. The van der Waals surface area contributed by atoms with Gasteiger partial charge in [0.2, 0.25) is 0 Å². The topological polar surface area (TPSA) is 46.4 Å². The molecule has 0 aliphatic carbocycles. The molecule has 0 bridgehead atoms. The van der Waals surface area contributed by atoms with E-state index >= 15 is 0 Å². The molecule has 0 aliphatic rings. The molecule has 2 aromatic heterocycles. The Morgan fingerprint density at radius 3 is 2.46 bits per heavy atom. The Morgan fingerprint density at radius 2 is 1.70 bits per heavy atom. The molecule has 6 nitrogen and oxygen atoms in total. The van der Waals surface area contributed by atoms with E-state index in [1.165, 1.54) is 16.8 Å². The summed E-state index contributed by atoms with van der Waals surface area (Å²) in [5, 5.41) is 7.24. The van der Waals surface area contributed by atoms with Crippen LogP contribution >= 0.6 is 0 Å². The molecule has 0 saturated heterocycles. The van der Waals surface area contributed by atoms with Crippen molar-refractivity contribution in [2.24, 2.45) is 0 Å². The highest BCUT2D eigenvalue weighted by molar-refractivity contribution is 6.09. The summed E-state index contributed by atoms with van der Waals surface area (Å²) >= 11 is 0. The fraction of sp³-hybridized carbons (Fsp3) is 0.290. The van der Waals surface area contributed by atoms with Gasteiger partial charge in [0.25, 0.3) is 0 Å². The fourth-order valence-electron chi connectivity index (χ4n) is 4.79. The van der Waals surface area contributed by atoms with Gasteiger partial charge in [-0.1, -0.05) is 18.2 Å². The summed E-state index contributed by atoms with van der Waals surface area (Å²) in [7, 11) is 8.08. The summed E-state index contributed by atoms with van der Waals surface area (Å²) in [5.74, 6) is 0.803. The van der Waals surface area contributed by atoms with Crippen LogP contribution < -0.4 is 9.64 Å². The molecule has 5 rings (SSSR count). The van der Waals surface area contributed by atoms with Crippen LogP contribution in [0.1, 0.15) is 17.5 Å². The standard InChI is InChI=1S/C31H35N5O/c1-21-11-12-25(17-22(21)2)36-31-27-19-26(37-6)13-14-29(27)32-20-28(31)30(33-36)23-9-7-10-24(18-23)35(5)16-8-15-34(3)4/h7,9-14,17-20H,8,15-16H2,1-6H3. The van der Waals surface area contributed by atoms with E-state index < -0.39 is 0 Å². The molecule has 0 spiro atoms. The lowest BCUT2D eigenvalue weighted by molar-refractivity contribution is 0.401. The summed E-state index contributed by atoms with van der Waals surface area (Å²) in [4.78, 5) is 9.34. The molecule has 0 unspecified atom stereocenters. The monoisotopic (exact) mass is 493 g/mol. The van der Waals surface area contributed by atoms with Gasteiger partial charge in [0, 0.05) is 41.8 Å². The van der Waals surface area contributed by atoms with Crippen molar-refractivity contribution in [1.29, 1.82) is 0 Å². The van der Waals surface area contributed by atoms with Crippen LogP contribution in [0.5, 0.6) is 5.75 Å². The van der Waals surface area contributed by atoms with Crippen LogP contribution in [0.2, 0.25) is 0 Å². The molecule has 2 heterocycles. The smallest absolute Gasteiger partial charge is 0.119 e. The number of hydrogen-bond acceptors (Lipinski definition) is 5. The number of aromatic nitrogens is 3. The van der Waals surface area contributed by atoms with E-state index in [0.717, 1.165) is 64.0 Å². The number of nitrogens with zero attached hydrogens (tertiary/aromatic N) is 5. The summed E-state index contributed by atoms with van der Waals surface area (Å²) in [6.07, 6.45) is 3.06. The van der Waals surface area contributed by atoms with E-state index in [1.807, 2.05) is 18.3 Å². The van der Waals surface area contributed by atoms with Crippen molar-refractivity contribution in [3.8, 4) is 22.7 Å². The molecular weight excluding hydrogens is 458 g/mol. The van der Waals surface area contributed by atoms with Gasteiger partial charge in [-0.25, -0.2) is 4.68 Å². The van der Waals surface area contributed by atoms with E-state index in [0.29, 0.717) is 0 Å². The Labute approximate surface area is 219 Å². The Bertz CT molecular complexity index is 1570. The van der Waals surface area contributed by atoms with Crippen LogP contribution in [0.15, 0.2) is 66.9 Å². The van der Waals surface area contributed by atoms with Crippen molar-refractivity contribution in [3.05, 3.63) is 78.0 Å². The molecule has 0 amide bonds. The van der Waals surface area contributed by atoms with Gasteiger partial charge >= 0.3 is 0 Å². The quantitative estimate of drug-likeness (QED) is 0.256. The van der Waals surface area contributed by atoms with Crippen LogP contribution in [-0.4, -0.2) is 61.0 Å². The molecule has 0 radical (unpaired) electrons. The van der Waals surface area contributed by atoms with E-state index in [2.05, 4.69) is 98.0 Å². The van der Waals surface area contributed by atoms with Crippen LogP contribution in [0, 0.1) is 13.8 Å². The van der Waals surface area contributed by atoms with Crippen LogP contribution in [0.3, 0.4) is 0 Å². The molecule has 0 atom stereocenters. The minimum atomic E-state index is 0.803. The number of anilines is 1. The largest absolute Gasteiger partial charge is 0.497 e. The highest BCUT2D eigenvalue weighted by Gasteiger charge is 2.18. The number of hydrogen-bond donors (Lipinski definition) is 0. The van der Waals surface area contributed by atoms with Gasteiger partial charge < -0.3 is 14.5 Å². The molecule has 190 valence electrons. The normalized spacial score (nSPS) is 11.5. The number of aryl methyl sites for hydroxylation is 2. The molecule has 5 aromatic rings. The summed E-state index contributed by atoms with van der Waals surface area (Å²) < 4.78 is 7.63. The van der Waals surface area contributed by atoms with Gasteiger partial charge in [-0.05, 0) is 94.5 Å². The molecule has 37 heavy (non-hydrogen) atoms. The SMILES string of the molecule is COc1ccc2ncc3c(-c4cccc(N(C)CCCN(C)C)c4)nn(-c4ccc(C)c(C)c4)c3c2c1. The summed E-state index contributed by atoms with van der Waals surface area (Å²) in [6, 6.07) is 21.2. The Balaban J connectivity index is 1.68. The van der Waals surface area contributed by atoms with Crippen molar-refractivity contribution < 1.29 is 4.74 Å². The third kappa shape index (κ3) is 4.89. The molecule has 0 fully saturated rings. The lowest BCUT2D eigenvalue weighted by atomic mass is 10.1. The van der Waals surface area contributed by atoms with Crippen molar-refractivity contribution in [2.45, 2.75) is 20.3 Å². The number of pyridine rings is 1. The van der Waals surface area contributed by atoms with Crippen molar-refractivity contribution in [3.63, 3.8) is 0 Å². The van der Waals surface area contributed by atoms with E-state index in [-0.39, 0.29) is 0 Å². The highest BCUT2D eigenvalue weighted by atomic mass is 16.5. The van der Waals surface area contributed by atoms with Gasteiger partial charge in [-0.2, -0.15) is 5.10 Å². The first kappa shape index (κ1) is 24.8. The maximum Gasteiger partial charge on any atom is 0.119 e. The molecule has 0 saturated carbocycles. The molecule has 6 heteroatoms. The maximum atomic E-state index is 5.57. The number of ether oxygens (including phenoxy) is 1. The Hall–Kier alpha value is -3.90. The van der Waals surface area contributed by atoms with Crippen LogP contribution in [-0.2, 0) is 0 Å². The molecule has 3 aromatic carbocycles. The first-order chi connectivity index (χ1) is 17.9. The summed E-state index contributed by atoms with van der Waals surface area (Å²) in [6.45, 7) is 6.34. The second-order valence-corrected chi connectivity index (χ2v) is 10.1. The van der Waals surface area contributed by atoms with Gasteiger partial charge in [-0.15, -0.1) is 0 Å². The lowest BCUT2D eigenvalue weighted by Gasteiger charge is -2.21. The lowest BCUT2D eigenvalue weighted by Crippen LogP contribution is -2.23. The molecular formula is C31H35N5O. The van der Waals surface area contributed by atoms with Crippen molar-refractivity contribution in [2.75, 3.05) is 46.2 Å². The summed E-state index contributed by atoms with van der Waals surface area (Å²) in [5.41, 5.74) is 8.67. The van der Waals surface area contributed by atoms with E-state index in [1.54, 1.807) is 7.11 Å². The third-order valence-electron chi connectivity index (χ3n) is 7.11. The number of benzene rings is 3. The first-order valence-electron chi connectivity index (χ1n) is 12.7. The Morgan fingerprint density at radius 1 is 0.865 bits per heavy atom. The Kier molecular flexibility index (Phi) is 6.85. The number of rotatable bonds is 8. The zero-order valence-electron chi connectivity index (χ0n) is 22.6. The molecule has 0 aliphatic heterocycles. The van der Waals surface area contributed by atoms with Gasteiger partial charge in [0.05, 0.1) is 23.8 Å². The van der Waals surface area contributed by atoms with Crippen LogP contribution in [0.4, 0.5) is 5.69 Å². The van der Waals surface area contributed by atoms with E-state index in [9.17, 15) is 0 Å². The predicted molar refractivity (Wildman–Crippen MR) is 154 cm³/mol.